The molecule has 0 aliphatic carbocycles. The highest BCUT2D eigenvalue weighted by Gasteiger charge is 2.00. The first-order chi connectivity index (χ1) is 6.20. The predicted molar refractivity (Wildman–Crippen MR) is 51.2 cm³/mol. The molecule has 0 aliphatic rings. The minimum absolute atomic E-state index is 0.0379. The Balaban J connectivity index is 3.25. The molecule has 0 heterocycles. The van der Waals surface area contributed by atoms with Crippen LogP contribution in [0.5, 0.6) is 0 Å². The van der Waals surface area contributed by atoms with Gasteiger partial charge in [-0.1, -0.05) is 0 Å². The zero-order valence-corrected chi connectivity index (χ0v) is 8.35. The zero-order valence-electron chi connectivity index (χ0n) is 8.35. The lowest BCUT2D eigenvalue weighted by Gasteiger charge is -2.01. The average Bonchev–Trinajstić information content (AvgIpc) is 2.12. The summed E-state index contributed by atoms with van der Waals surface area (Å²) in [6.45, 7) is 2.57. The lowest BCUT2D eigenvalue weighted by atomic mass is 10.2. The molecule has 0 aromatic heterocycles. The van der Waals surface area contributed by atoms with Crippen molar-refractivity contribution in [2.75, 3.05) is 13.6 Å². The van der Waals surface area contributed by atoms with E-state index in [-0.39, 0.29) is 11.8 Å². The smallest absolute Gasteiger partial charge is 0.219 e. The minimum Gasteiger partial charge on any atom is -0.359 e. The second-order valence-corrected chi connectivity index (χ2v) is 2.83. The third-order valence-corrected chi connectivity index (χ3v) is 1.71. The Morgan fingerprint density at radius 1 is 1.08 bits per heavy atom. The molecule has 0 spiro atoms. The van der Waals surface area contributed by atoms with Crippen molar-refractivity contribution in [1.29, 1.82) is 0 Å². The number of carbonyl (C=O) groups excluding carboxylic acids is 2. The topological polar surface area (TPSA) is 58.2 Å². The van der Waals surface area contributed by atoms with Gasteiger partial charge in [-0.15, -0.1) is 0 Å². The molecule has 0 saturated carbocycles. The molecule has 0 unspecified atom stereocenters. The molecule has 4 nitrogen and oxygen atoms in total. The van der Waals surface area contributed by atoms with Gasteiger partial charge in [0.05, 0.1) is 0 Å². The minimum atomic E-state index is 0.0379. The molecule has 0 atom stereocenters. The summed E-state index contributed by atoms with van der Waals surface area (Å²) < 4.78 is 0. The number of hydrogen-bond acceptors (Lipinski definition) is 2. The number of amides is 2. The maximum absolute atomic E-state index is 10.9. The van der Waals surface area contributed by atoms with E-state index in [2.05, 4.69) is 10.6 Å². The molecule has 0 saturated heterocycles. The summed E-state index contributed by atoms with van der Waals surface area (Å²) in [5.41, 5.74) is 0. The van der Waals surface area contributed by atoms with Crippen molar-refractivity contribution in [1.82, 2.24) is 10.6 Å². The first-order valence-electron chi connectivity index (χ1n) is 4.68. The van der Waals surface area contributed by atoms with Gasteiger partial charge < -0.3 is 10.6 Å². The quantitative estimate of drug-likeness (QED) is 0.591. The molecule has 4 heteroatoms. The van der Waals surface area contributed by atoms with Crippen LogP contribution in [0.15, 0.2) is 0 Å². The van der Waals surface area contributed by atoms with E-state index in [0.29, 0.717) is 19.4 Å². The molecular weight excluding hydrogens is 168 g/mol. The lowest BCUT2D eigenvalue weighted by Crippen LogP contribution is -2.22. The molecule has 2 N–H and O–H groups in total. The van der Waals surface area contributed by atoms with Gasteiger partial charge in [-0.05, 0) is 19.8 Å². The maximum atomic E-state index is 10.9. The van der Waals surface area contributed by atoms with Gasteiger partial charge in [0, 0.05) is 26.4 Å². The molecule has 0 rings (SSSR count). The van der Waals surface area contributed by atoms with E-state index in [0.717, 1.165) is 12.8 Å². The number of nitrogens with one attached hydrogen (secondary N) is 2. The van der Waals surface area contributed by atoms with Crippen molar-refractivity contribution in [3.8, 4) is 0 Å². The molecule has 2 amide bonds. The largest absolute Gasteiger partial charge is 0.359 e. The van der Waals surface area contributed by atoms with Crippen LogP contribution in [0, 0.1) is 0 Å². The summed E-state index contributed by atoms with van der Waals surface area (Å²) >= 11 is 0. The first-order valence-corrected chi connectivity index (χ1v) is 4.68. The Hall–Kier alpha value is -1.06. The Morgan fingerprint density at radius 3 is 2.08 bits per heavy atom. The van der Waals surface area contributed by atoms with Crippen LogP contribution in [-0.2, 0) is 9.59 Å². The van der Waals surface area contributed by atoms with Crippen LogP contribution in [0.3, 0.4) is 0 Å². The monoisotopic (exact) mass is 186 g/mol. The van der Waals surface area contributed by atoms with Gasteiger partial charge in [0.2, 0.25) is 11.8 Å². The van der Waals surface area contributed by atoms with Gasteiger partial charge in [0.15, 0.2) is 0 Å². The van der Waals surface area contributed by atoms with Crippen molar-refractivity contribution >= 4 is 11.8 Å². The highest BCUT2D eigenvalue weighted by Crippen LogP contribution is 1.99. The normalized spacial score (nSPS) is 9.38. The van der Waals surface area contributed by atoms with Crippen molar-refractivity contribution in [3.63, 3.8) is 0 Å². The molecule has 0 fully saturated rings. The molecule has 0 radical (unpaired) electrons. The van der Waals surface area contributed by atoms with Crippen molar-refractivity contribution in [3.05, 3.63) is 0 Å². The van der Waals surface area contributed by atoms with Gasteiger partial charge in [-0.2, -0.15) is 0 Å². The fourth-order valence-corrected chi connectivity index (χ4v) is 0.982. The average molecular weight is 186 g/mol. The zero-order chi connectivity index (χ0) is 10.1. The number of hydrogen-bond donors (Lipinski definition) is 2. The molecule has 76 valence electrons. The second-order valence-electron chi connectivity index (χ2n) is 2.83. The van der Waals surface area contributed by atoms with Crippen LogP contribution in [0.25, 0.3) is 0 Å². The number of rotatable bonds is 6. The van der Waals surface area contributed by atoms with E-state index in [1.54, 1.807) is 7.05 Å². The Bertz CT molecular complexity index is 169. The Kier molecular flexibility index (Phi) is 6.96. The van der Waals surface area contributed by atoms with Gasteiger partial charge in [0.1, 0.15) is 0 Å². The molecule has 0 bridgehead atoms. The fraction of sp³-hybridized carbons (Fsp3) is 0.778. The summed E-state index contributed by atoms with van der Waals surface area (Å²) in [5.74, 6) is 0.107. The standard InChI is InChI=1S/C9H18N2O2/c1-3-11-9(13)7-5-4-6-8(12)10-2/h3-7H2,1-2H3,(H,10,12)(H,11,13). The van der Waals surface area contributed by atoms with Crippen LogP contribution in [0.4, 0.5) is 0 Å². The third-order valence-electron chi connectivity index (χ3n) is 1.71. The summed E-state index contributed by atoms with van der Waals surface area (Å²) in [5, 5.41) is 5.25. The van der Waals surface area contributed by atoms with Crippen LogP contribution in [0.2, 0.25) is 0 Å². The fourth-order valence-electron chi connectivity index (χ4n) is 0.982. The van der Waals surface area contributed by atoms with Gasteiger partial charge in [0.25, 0.3) is 0 Å². The van der Waals surface area contributed by atoms with Crippen LogP contribution < -0.4 is 10.6 Å². The molecular formula is C9H18N2O2. The number of carbonyl (C=O) groups is 2. The predicted octanol–water partition coefficient (Wildman–Crippen LogP) is 0.429. The van der Waals surface area contributed by atoms with E-state index < -0.39 is 0 Å². The summed E-state index contributed by atoms with van der Waals surface area (Å²) in [7, 11) is 1.62. The summed E-state index contributed by atoms with van der Waals surface area (Å²) in [6.07, 6.45) is 2.58. The summed E-state index contributed by atoms with van der Waals surface area (Å²) in [6, 6.07) is 0. The molecule has 13 heavy (non-hydrogen) atoms. The molecule has 0 aliphatic heterocycles. The van der Waals surface area contributed by atoms with Crippen molar-refractivity contribution < 1.29 is 9.59 Å². The van der Waals surface area contributed by atoms with Crippen LogP contribution in [0.1, 0.15) is 32.6 Å². The SMILES string of the molecule is CCNC(=O)CCCCC(=O)NC. The van der Waals surface area contributed by atoms with E-state index in [1.165, 1.54) is 0 Å². The van der Waals surface area contributed by atoms with Crippen molar-refractivity contribution in [2.24, 2.45) is 0 Å². The molecule has 0 aromatic carbocycles. The number of unbranched alkanes of at least 4 members (excludes halogenated alkanes) is 1. The molecule has 0 aromatic rings. The van der Waals surface area contributed by atoms with E-state index >= 15 is 0 Å². The van der Waals surface area contributed by atoms with Crippen molar-refractivity contribution in [2.45, 2.75) is 32.6 Å². The Morgan fingerprint density at radius 2 is 1.62 bits per heavy atom. The van der Waals surface area contributed by atoms with Gasteiger partial charge in [-0.3, -0.25) is 9.59 Å². The highest BCUT2D eigenvalue weighted by atomic mass is 16.2. The second kappa shape index (κ2) is 7.58. The van der Waals surface area contributed by atoms with Gasteiger partial charge in [-0.25, -0.2) is 0 Å². The highest BCUT2D eigenvalue weighted by molar-refractivity contribution is 5.76. The van der Waals surface area contributed by atoms with E-state index in [9.17, 15) is 9.59 Å². The third kappa shape index (κ3) is 7.31. The maximum Gasteiger partial charge on any atom is 0.219 e. The van der Waals surface area contributed by atoms with E-state index in [4.69, 9.17) is 0 Å². The van der Waals surface area contributed by atoms with Gasteiger partial charge >= 0.3 is 0 Å². The Labute approximate surface area is 79.1 Å². The van der Waals surface area contributed by atoms with E-state index in [1.807, 2.05) is 6.92 Å². The van der Waals surface area contributed by atoms with Crippen LogP contribution in [-0.4, -0.2) is 25.4 Å². The first kappa shape index (κ1) is 11.9. The lowest BCUT2D eigenvalue weighted by molar-refractivity contribution is -0.122. The van der Waals surface area contributed by atoms with Crippen LogP contribution >= 0.6 is 0 Å². The summed E-state index contributed by atoms with van der Waals surface area (Å²) in [4.78, 5) is 21.7.